The van der Waals surface area contributed by atoms with Crippen molar-refractivity contribution in [1.29, 1.82) is 0 Å². The van der Waals surface area contributed by atoms with Crippen molar-refractivity contribution in [1.82, 2.24) is 0 Å². The summed E-state index contributed by atoms with van der Waals surface area (Å²) in [6.07, 6.45) is 11.0. The van der Waals surface area contributed by atoms with Crippen molar-refractivity contribution in [3.05, 3.63) is 95.6 Å². The van der Waals surface area contributed by atoms with E-state index in [1.54, 1.807) is 0 Å². The Morgan fingerprint density at radius 1 is 0.767 bits per heavy atom. The quantitative estimate of drug-likeness (QED) is 0.611. The predicted octanol–water partition coefficient (Wildman–Crippen LogP) is 5.14. The number of benzene rings is 2. The molecule has 0 atom stereocenters. The van der Waals surface area contributed by atoms with Crippen LogP contribution in [0.1, 0.15) is 37.8 Å². The minimum absolute atomic E-state index is 0.0264. The molecule has 0 aromatic heterocycles. The lowest BCUT2D eigenvalue weighted by Gasteiger charge is -2.29. The Hall–Kier alpha value is -2.62. The first kappa shape index (κ1) is 22.1. The summed E-state index contributed by atoms with van der Waals surface area (Å²) in [5.41, 5.74) is 17.9. The number of rotatable bonds is 9. The standard InChI is InChI=1S/C27H35N3/c1-3-30(4-2)25-12-10-23(11-13-25)26(22-8-6-5-7-9-22)24-14-16-27(17-15-24,18-20-28)19-21-29/h5-17H,3-4,18-21,28-29H2,1-2H3. The molecular formula is C27H35N3. The predicted molar refractivity (Wildman–Crippen MR) is 131 cm³/mol. The summed E-state index contributed by atoms with van der Waals surface area (Å²) in [4.78, 5) is 2.37. The van der Waals surface area contributed by atoms with Gasteiger partial charge in [-0.1, -0.05) is 66.8 Å². The third-order valence-electron chi connectivity index (χ3n) is 6.04. The number of nitrogens with zero attached hydrogens (tertiary/aromatic N) is 1. The van der Waals surface area contributed by atoms with Crippen molar-refractivity contribution in [2.45, 2.75) is 26.7 Å². The van der Waals surface area contributed by atoms with E-state index >= 15 is 0 Å². The average Bonchev–Trinajstić information content (AvgIpc) is 2.78. The average molecular weight is 402 g/mol. The highest BCUT2D eigenvalue weighted by Crippen LogP contribution is 2.37. The van der Waals surface area contributed by atoms with Gasteiger partial charge in [0, 0.05) is 24.2 Å². The molecule has 0 amide bonds. The minimum Gasteiger partial charge on any atom is -0.372 e. The molecule has 0 heterocycles. The van der Waals surface area contributed by atoms with Crippen molar-refractivity contribution < 1.29 is 0 Å². The van der Waals surface area contributed by atoms with Crippen molar-refractivity contribution in [2.75, 3.05) is 31.1 Å². The third kappa shape index (κ3) is 4.92. The molecule has 0 bridgehead atoms. The largest absolute Gasteiger partial charge is 0.372 e. The Kier molecular flexibility index (Phi) is 7.67. The van der Waals surface area contributed by atoms with Gasteiger partial charge in [0.1, 0.15) is 0 Å². The molecule has 3 heteroatoms. The van der Waals surface area contributed by atoms with Gasteiger partial charge in [-0.25, -0.2) is 0 Å². The SMILES string of the molecule is CCN(CC)c1ccc(C(=C2C=CC(CCN)(CCN)C=C2)c2ccccc2)cc1. The minimum atomic E-state index is -0.0264. The molecule has 0 saturated heterocycles. The van der Waals surface area contributed by atoms with Gasteiger partial charge in [0.25, 0.3) is 0 Å². The summed E-state index contributed by atoms with van der Waals surface area (Å²) in [5.74, 6) is 0. The lowest BCUT2D eigenvalue weighted by molar-refractivity contribution is 0.424. The van der Waals surface area contributed by atoms with E-state index in [0.29, 0.717) is 13.1 Å². The molecule has 0 fully saturated rings. The first-order chi connectivity index (χ1) is 14.7. The van der Waals surface area contributed by atoms with Crippen molar-refractivity contribution in [3.8, 4) is 0 Å². The van der Waals surface area contributed by atoms with Crippen LogP contribution < -0.4 is 16.4 Å². The lowest BCUT2D eigenvalue weighted by atomic mass is 9.76. The van der Waals surface area contributed by atoms with Crippen LogP contribution in [0.3, 0.4) is 0 Å². The maximum atomic E-state index is 5.89. The lowest BCUT2D eigenvalue weighted by Crippen LogP contribution is -2.24. The van der Waals surface area contributed by atoms with Gasteiger partial charge in [-0.3, -0.25) is 0 Å². The van der Waals surface area contributed by atoms with E-state index in [2.05, 4.69) is 97.6 Å². The summed E-state index contributed by atoms with van der Waals surface area (Å²) >= 11 is 0. The summed E-state index contributed by atoms with van der Waals surface area (Å²) in [6.45, 7) is 7.73. The maximum absolute atomic E-state index is 5.89. The van der Waals surface area contributed by atoms with Crippen LogP contribution in [0.25, 0.3) is 5.57 Å². The first-order valence-electron chi connectivity index (χ1n) is 11.1. The molecule has 30 heavy (non-hydrogen) atoms. The summed E-state index contributed by atoms with van der Waals surface area (Å²) in [7, 11) is 0. The van der Waals surface area contributed by atoms with Gasteiger partial charge in [-0.2, -0.15) is 0 Å². The van der Waals surface area contributed by atoms with Gasteiger partial charge < -0.3 is 16.4 Å². The van der Waals surface area contributed by atoms with Gasteiger partial charge in [-0.05, 0) is 74.2 Å². The highest BCUT2D eigenvalue weighted by molar-refractivity contribution is 5.86. The van der Waals surface area contributed by atoms with E-state index in [-0.39, 0.29) is 5.41 Å². The summed E-state index contributed by atoms with van der Waals surface area (Å²) < 4.78 is 0. The fraction of sp³-hybridized carbons (Fsp3) is 0.333. The van der Waals surface area contributed by atoms with Crippen LogP contribution >= 0.6 is 0 Å². The topological polar surface area (TPSA) is 55.3 Å². The molecule has 0 spiro atoms. The number of nitrogens with two attached hydrogens (primary N) is 2. The number of anilines is 1. The highest BCUT2D eigenvalue weighted by atomic mass is 15.1. The van der Waals surface area contributed by atoms with Gasteiger partial charge in [-0.15, -0.1) is 0 Å². The van der Waals surface area contributed by atoms with Crippen LogP contribution in [0.2, 0.25) is 0 Å². The molecule has 0 saturated carbocycles. The Labute approximate surface area is 181 Å². The monoisotopic (exact) mass is 401 g/mol. The normalized spacial score (nSPS) is 14.7. The molecule has 158 valence electrons. The Bertz CT molecular complexity index is 863. The molecule has 0 radical (unpaired) electrons. The second-order valence-electron chi connectivity index (χ2n) is 7.89. The Balaban J connectivity index is 2.04. The highest BCUT2D eigenvalue weighted by Gasteiger charge is 2.25. The Morgan fingerprint density at radius 3 is 1.80 bits per heavy atom. The zero-order chi connectivity index (χ0) is 21.4. The second kappa shape index (κ2) is 10.4. The number of hydrogen-bond acceptors (Lipinski definition) is 3. The zero-order valence-corrected chi connectivity index (χ0v) is 18.4. The molecule has 1 aliphatic rings. The molecule has 1 aliphatic carbocycles. The van der Waals surface area contributed by atoms with E-state index in [1.165, 1.54) is 28.0 Å². The van der Waals surface area contributed by atoms with Crippen LogP contribution in [0.5, 0.6) is 0 Å². The molecule has 0 aliphatic heterocycles. The van der Waals surface area contributed by atoms with E-state index < -0.39 is 0 Å². The van der Waals surface area contributed by atoms with E-state index in [0.717, 1.165) is 25.9 Å². The van der Waals surface area contributed by atoms with Gasteiger partial charge in [0.05, 0.1) is 0 Å². The fourth-order valence-electron chi connectivity index (χ4n) is 4.32. The molecule has 3 nitrogen and oxygen atoms in total. The third-order valence-corrected chi connectivity index (χ3v) is 6.04. The van der Waals surface area contributed by atoms with Crippen molar-refractivity contribution in [3.63, 3.8) is 0 Å². The smallest absolute Gasteiger partial charge is 0.0366 e. The molecular weight excluding hydrogens is 366 g/mol. The van der Waals surface area contributed by atoms with Gasteiger partial charge in [0.15, 0.2) is 0 Å². The zero-order valence-electron chi connectivity index (χ0n) is 18.4. The number of hydrogen-bond donors (Lipinski definition) is 2. The summed E-state index contributed by atoms with van der Waals surface area (Å²) in [6, 6.07) is 19.6. The van der Waals surface area contributed by atoms with E-state index in [1.807, 2.05) is 0 Å². The van der Waals surface area contributed by atoms with Crippen LogP contribution in [0.15, 0.2) is 84.5 Å². The van der Waals surface area contributed by atoms with Crippen molar-refractivity contribution in [2.24, 2.45) is 16.9 Å². The van der Waals surface area contributed by atoms with E-state index in [4.69, 9.17) is 11.5 Å². The van der Waals surface area contributed by atoms with Crippen LogP contribution in [-0.4, -0.2) is 26.2 Å². The van der Waals surface area contributed by atoms with Crippen LogP contribution in [-0.2, 0) is 0 Å². The molecule has 3 rings (SSSR count). The first-order valence-corrected chi connectivity index (χ1v) is 11.1. The van der Waals surface area contributed by atoms with Crippen molar-refractivity contribution >= 4 is 11.3 Å². The molecule has 2 aromatic rings. The maximum Gasteiger partial charge on any atom is 0.0366 e. The molecule has 0 unspecified atom stereocenters. The summed E-state index contributed by atoms with van der Waals surface area (Å²) in [5, 5.41) is 0. The van der Waals surface area contributed by atoms with E-state index in [9.17, 15) is 0 Å². The van der Waals surface area contributed by atoms with Crippen LogP contribution in [0, 0.1) is 5.41 Å². The number of allylic oxidation sites excluding steroid dienone is 5. The second-order valence-corrected chi connectivity index (χ2v) is 7.89. The Morgan fingerprint density at radius 2 is 1.30 bits per heavy atom. The van der Waals surface area contributed by atoms with Gasteiger partial charge in [0.2, 0.25) is 0 Å². The van der Waals surface area contributed by atoms with Crippen LogP contribution in [0.4, 0.5) is 5.69 Å². The fourth-order valence-corrected chi connectivity index (χ4v) is 4.32. The molecule has 4 N–H and O–H groups in total. The molecule has 2 aromatic carbocycles. The van der Waals surface area contributed by atoms with Gasteiger partial charge >= 0.3 is 0 Å².